The molecule has 3 amide bonds. The molecule has 0 radical (unpaired) electrons. The van der Waals surface area contributed by atoms with Crippen molar-refractivity contribution in [3.05, 3.63) is 54.0 Å². The zero-order valence-electron chi connectivity index (χ0n) is 20.6. The van der Waals surface area contributed by atoms with E-state index in [1.807, 2.05) is 23.1 Å². The SMILES string of the molecule is COc1ccc2c(c1)OCN(C[C@@]1(c3cc4cnccc4o3)NC(=O)N(CCN3CCOCC3)C1=O)C2. The fourth-order valence-electron chi connectivity index (χ4n) is 5.15. The van der Waals surface area contributed by atoms with E-state index >= 15 is 0 Å². The predicted octanol–water partition coefficient (Wildman–Crippen LogP) is 1.77. The molecule has 3 aromatic rings. The summed E-state index contributed by atoms with van der Waals surface area (Å²) in [6.07, 6.45) is 3.32. The molecule has 3 aliphatic rings. The fourth-order valence-corrected chi connectivity index (χ4v) is 5.15. The lowest BCUT2D eigenvalue weighted by molar-refractivity contribution is -0.133. The highest BCUT2D eigenvalue weighted by Crippen LogP contribution is 2.36. The molecule has 194 valence electrons. The van der Waals surface area contributed by atoms with Gasteiger partial charge in [-0.15, -0.1) is 0 Å². The number of carbonyl (C=O) groups is 2. The normalized spacial score (nSPS) is 22.7. The van der Waals surface area contributed by atoms with Crippen LogP contribution in [0.15, 0.2) is 47.1 Å². The number of amides is 3. The number of aromatic nitrogens is 1. The van der Waals surface area contributed by atoms with Gasteiger partial charge in [0.2, 0.25) is 0 Å². The quantitative estimate of drug-likeness (QED) is 0.479. The van der Waals surface area contributed by atoms with Crippen LogP contribution in [-0.4, -0.2) is 91.4 Å². The molecular weight excluding hydrogens is 478 g/mol. The molecule has 1 N–H and O–H groups in total. The Labute approximate surface area is 213 Å². The van der Waals surface area contributed by atoms with Gasteiger partial charge >= 0.3 is 6.03 Å². The molecule has 6 rings (SSSR count). The molecule has 11 heteroatoms. The maximum Gasteiger partial charge on any atom is 0.325 e. The van der Waals surface area contributed by atoms with E-state index in [1.165, 1.54) is 4.90 Å². The number of hydrogen-bond donors (Lipinski definition) is 1. The van der Waals surface area contributed by atoms with Crippen molar-refractivity contribution in [2.45, 2.75) is 12.1 Å². The maximum atomic E-state index is 14.0. The number of methoxy groups -OCH3 is 1. The lowest BCUT2D eigenvalue weighted by Gasteiger charge is -2.35. The van der Waals surface area contributed by atoms with Crippen LogP contribution < -0.4 is 14.8 Å². The second kappa shape index (κ2) is 9.66. The molecule has 0 saturated carbocycles. The minimum Gasteiger partial charge on any atom is -0.497 e. The molecule has 2 saturated heterocycles. The van der Waals surface area contributed by atoms with Gasteiger partial charge in [0.1, 0.15) is 29.6 Å². The third-order valence-electron chi connectivity index (χ3n) is 7.19. The number of hydrogen-bond acceptors (Lipinski definition) is 9. The summed E-state index contributed by atoms with van der Waals surface area (Å²) >= 11 is 0. The average Bonchev–Trinajstić information content (AvgIpc) is 3.47. The Morgan fingerprint density at radius 3 is 2.78 bits per heavy atom. The first-order chi connectivity index (χ1) is 18.1. The topological polar surface area (TPSA) is 110 Å². The van der Waals surface area contributed by atoms with Crippen molar-refractivity contribution < 1.29 is 28.2 Å². The second-order valence-corrected chi connectivity index (χ2v) is 9.50. The van der Waals surface area contributed by atoms with Gasteiger partial charge in [-0.25, -0.2) is 4.79 Å². The van der Waals surface area contributed by atoms with E-state index in [0.717, 1.165) is 29.8 Å². The Bertz CT molecular complexity index is 1290. The molecule has 0 aliphatic carbocycles. The number of benzene rings is 1. The van der Waals surface area contributed by atoms with Gasteiger partial charge in [-0.05, 0) is 18.2 Å². The number of morpholine rings is 1. The van der Waals surface area contributed by atoms with Gasteiger partial charge in [0.25, 0.3) is 5.91 Å². The number of urea groups is 1. The van der Waals surface area contributed by atoms with Crippen LogP contribution in [0.5, 0.6) is 11.5 Å². The molecule has 0 bridgehead atoms. The highest BCUT2D eigenvalue weighted by Gasteiger charge is 2.55. The van der Waals surface area contributed by atoms with E-state index in [2.05, 4.69) is 15.2 Å². The third kappa shape index (κ3) is 4.39. The van der Waals surface area contributed by atoms with Gasteiger partial charge < -0.3 is 23.9 Å². The summed E-state index contributed by atoms with van der Waals surface area (Å²) in [4.78, 5) is 36.9. The lowest BCUT2D eigenvalue weighted by atomic mass is 9.94. The van der Waals surface area contributed by atoms with E-state index in [4.69, 9.17) is 18.6 Å². The van der Waals surface area contributed by atoms with Crippen LogP contribution in [0.2, 0.25) is 0 Å². The molecule has 0 spiro atoms. The number of rotatable bonds is 7. The number of pyridine rings is 1. The monoisotopic (exact) mass is 507 g/mol. The van der Waals surface area contributed by atoms with Gasteiger partial charge in [0.15, 0.2) is 5.54 Å². The second-order valence-electron chi connectivity index (χ2n) is 9.50. The number of nitrogens with zero attached hydrogens (tertiary/aromatic N) is 4. The third-order valence-corrected chi connectivity index (χ3v) is 7.19. The van der Waals surface area contributed by atoms with E-state index in [-0.39, 0.29) is 25.7 Å². The Kier molecular flexibility index (Phi) is 6.19. The number of ether oxygens (including phenoxy) is 3. The smallest absolute Gasteiger partial charge is 0.325 e. The van der Waals surface area contributed by atoms with Crippen LogP contribution in [0.4, 0.5) is 4.79 Å². The van der Waals surface area contributed by atoms with Crippen molar-refractivity contribution in [1.82, 2.24) is 25.0 Å². The minimum absolute atomic E-state index is 0.185. The Morgan fingerprint density at radius 1 is 1.11 bits per heavy atom. The largest absolute Gasteiger partial charge is 0.497 e. The van der Waals surface area contributed by atoms with E-state index in [9.17, 15) is 9.59 Å². The minimum atomic E-state index is -1.39. The Hall–Kier alpha value is -3.67. The van der Waals surface area contributed by atoms with Crippen LogP contribution >= 0.6 is 0 Å². The van der Waals surface area contributed by atoms with E-state index < -0.39 is 11.6 Å². The first-order valence-electron chi connectivity index (χ1n) is 12.4. The van der Waals surface area contributed by atoms with E-state index in [0.29, 0.717) is 43.4 Å². The fraction of sp³-hybridized carbons (Fsp3) is 0.423. The number of fused-ring (bicyclic) bond motifs is 2. The van der Waals surface area contributed by atoms with Crippen molar-refractivity contribution in [2.75, 3.05) is 59.8 Å². The zero-order chi connectivity index (χ0) is 25.4. The van der Waals surface area contributed by atoms with Crippen LogP contribution in [0.25, 0.3) is 11.0 Å². The summed E-state index contributed by atoms with van der Waals surface area (Å²) < 4.78 is 22.9. The molecule has 5 heterocycles. The van der Waals surface area contributed by atoms with Gasteiger partial charge in [-0.2, -0.15) is 0 Å². The zero-order valence-corrected chi connectivity index (χ0v) is 20.6. The molecule has 1 aromatic carbocycles. The van der Waals surface area contributed by atoms with Crippen molar-refractivity contribution in [3.63, 3.8) is 0 Å². The number of furan rings is 1. The molecule has 2 fully saturated rings. The van der Waals surface area contributed by atoms with Gasteiger partial charge in [-0.1, -0.05) is 6.07 Å². The van der Waals surface area contributed by atoms with Crippen molar-refractivity contribution in [1.29, 1.82) is 0 Å². The summed E-state index contributed by atoms with van der Waals surface area (Å²) in [5.41, 5.74) is 0.177. The first-order valence-corrected chi connectivity index (χ1v) is 12.4. The first kappa shape index (κ1) is 23.7. The molecule has 1 atom stereocenters. The van der Waals surface area contributed by atoms with Crippen molar-refractivity contribution in [3.8, 4) is 11.5 Å². The summed E-state index contributed by atoms with van der Waals surface area (Å²) in [5, 5.41) is 3.75. The van der Waals surface area contributed by atoms with Crippen LogP contribution in [0, 0.1) is 0 Å². The average molecular weight is 508 g/mol. The van der Waals surface area contributed by atoms with Gasteiger partial charge in [0.05, 0.1) is 20.3 Å². The molecule has 0 unspecified atom stereocenters. The summed E-state index contributed by atoms with van der Waals surface area (Å²) in [6, 6.07) is 8.78. The van der Waals surface area contributed by atoms with Gasteiger partial charge in [0, 0.05) is 68.7 Å². The van der Waals surface area contributed by atoms with Gasteiger partial charge in [-0.3, -0.25) is 24.5 Å². The number of carbonyl (C=O) groups excluding carboxylic acids is 2. The molecular formula is C26H29N5O6. The summed E-state index contributed by atoms with van der Waals surface area (Å²) in [6.45, 7) is 4.71. The molecule has 3 aliphatic heterocycles. The highest BCUT2D eigenvalue weighted by atomic mass is 16.5. The summed E-state index contributed by atoms with van der Waals surface area (Å²) in [7, 11) is 1.61. The predicted molar refractivity (Wildman–Crippen MR) is 132 cm³/mol. The van der Waals surface area contributed by atoms with Crippen LogP contribution in [0.1, 0.15) is 11.3 Å². The molecule has 2 aromatic heterocycles. The van der Waals surface area contributed by atoms with E-state index in [1.54, 1.807) is 31.6 Å². The van der Waals surface area contributed by atoms with Crippen molar-refractivity contribution >= 4 is 22.9 Å². The molecule has 11 nitrogen and oxygen atoms in total. The van der Waals surface area contributed by atoms with Crippen LogP contribution in [0.3, 0.4) is 0 Å². The lowest BCUT2D eigenvalue weighted by Crippen LogP contribution is -2.53. The highest BCUT2D eigenvalue weighted by molar-refractivity contribution is 6.07. The molecule has 37 heavy (non-hydrogen) atoms. The number of nitrogens with one attached hydrogen (secondary N) is 1. The van der Waals surface area contributed by atoms with Crippen LogP contribution in [-0.2, 0) is 21.6 Å². The maximum absolute atomic E-state index is 14.0. The summed E-state index contributed by atoms with van der Waals surface area (Å²) in [5.74, 6) is 1.50. The number of imide groups is 1. The Balaban J connectivity index is 1.29. The standard InChI is InChI=1S/C26H29N5O6/c1-34-20-3-2-18-15-30(17-36-22(18)13-20)16-26(23-12-19-14-27-5-4-21(19)37-23)24(32)31(25(33)28-26)7-6-29-8-10-35-11-9-29/h2-5,12-14H,6-11,15-17H2,1H3,(H,28,33)/t26-/m0/s1. The Morgan fingerprint density at radius 2 is 1.97 bits per heavy atom. The van der Waals surface area contributed by atoms with Crippen molar-refractivity contribution in [2.24, 2.45) is 0 Å².